The Labute approximate surface area is 105 Å². The van der Waals surface area contributed by atoms with E-state index in [1.807, 2.05) is 19.2 Å². The highest BCUT2D eigenvalue weighted by molar-refractivity contribution is 5.29. The van der Waals surface area contributed by atoms with Crippen molar-refractivity contribution in [2.24, 2.45) is 0 Å². The van der Waals surface area contributed by atoms with E-state index in [-0.39, 0.29) is 0 Å². The van der Waals surface area contributed by atoms with Gasteiger partial charge in [0.05, 0.1) is 0 Å². The Bertz CT molecular complexity index is 342. The Morgan fingerprint density at radius 1 is 1.35 bits per heavy atom. The van der Waals surface area contributed by atoms with Crippen molar-refractivity contribution in [2.45, 2.75) is 26.2 Å². The summed E-state index contributed by atoms with van der Waals surface area (Å²) in [6, 6.07) is 8.36. The van der Waals surface area contributed by atoms with Crippen molar-refractivity contribution in [1.82, 2.24) is 5.32 Å². The fourth-order valence-electron chi connectivity index (χ4n) is 1.61. The van der Waals surface area contributed by atoms with Crippen LogP contribution in [0.25, 0.3) is 0 Å². The summed E-state index contributed by atoms with van der Waals surface area (Å²) in [5, 5.41) is 3.06. The number of nitrogens with one attached hydrogen (secondary N) is 1. The zero-order valence-electron chi connectivity index (χ0n) is 11.1. The highest BCUT2D eigenvalue weighted by Gasteiger charge is 2.02. The zero-order valence-corrected chi connectivity index (χ0v) is 11.1. The second-order valence-electron chi connectivity index (χ2n) is 4.45. The van der Waals surface area contributed by atoms with Gasteiger partial charge < -0.3 is 10.1 Å². The largest absolute Gasteiger partial charge is 0.489 e. The fourth-order valence-corrected chi connectivity index (χ4v) is 1.61. The van der Waals surface area contributed by atoms with Gasteiger partial charge in [0.1, 0.15) is 12.4 Å². The van der Waals surface area contributed by atoms with Crippen molar-refractivity contribution in [3.05, 3.63) is 42.0 Å². The minimum Gasteiger partial charge on any atom is -0.489 e. The van der Waals surface area contributed by atoms with Crippen LogP contribution in [0.1, 0.15) is 31.7 Å². The molecule has 0 bridgehead atoms. The third-order valence-corrected chi connectivity index (χ3v) is 2.93. The molecule has 0 heterocycles. The van der Waals surface area contributed by atoms with Crippen LogP contribution < -0.4 is 10.1 Å². The van der Waals surface area contributed by atoms with Crippen molar-refractivity contribution in [3.63, 3.8) is 0 Å². The molecule has 1 rings (SSSR count). The van der Waals surface area contributed by atoms with E-state index in [0.717, 1.165) is 17.9 Å². The van der Waals surface area contributed by atoms with Gasteiger partial charge in [0.15, 0.2) is 0 Å². The third kappa shape index (κ3) is 4.61. The van der Waals surface area contributed by atoms with Gasteiger partial charge in [0, 0.05) is 6.54 Å². The van der Waals surface area contributed by atoms with Gasteiger partial charge in [-0.2, -0.15) is 0 Å². The average molecular weight is 233 g/mol. The molecule has 1 aromatic carbocycles. The molecule has 1 aromatic rings. The number of hydrogen-bond acceptors (Lipinski definition) is 2. The maximum Gasteiger partial charge on any atom is 0.119 e. The van der Waals surface area contributed by atoms with Crippen molar-refractivity contribution in [2.75, 3.05) is 20.2 Å². The number of hydrogen-bond donors (Lipinski definition) is 1. The summed E-state index contributed by atoms with van der Waals surface area (Å²) in [5.41, 5.74) is 2.42. The first-order valence-electron chi connectivity index (χ1n) is 6.21. The van der Waals surface area contributed by atoms with Gasteiger partial charge in [-0.25, -0.2) is 0 Å². The van der Waals surface area contributed by atoms with Crippen LogP contribution in [-0.4, -0.2) is 20.2 Å². The van der Waals surface area contributed by atoms with Crippen LogP contribution in [-0.2, 0) is 0 Å². The van der Waals surface area contributed by atoms with E-state index in [4.69, 9.17) is 4.74 Å². The molecule has 0 amide bonds. The molecule has 0 aliphatic carbocycles. The predicted octanol–water partition coefficient (Wildman–Crippen LogP) is 3.35. The molecule has 0 saturated heterocycles. The quantitative estimate of drug-likeness (QED) is 0.729. The Morgan fingerprint density at radius 3 is 2.53 bits per heavy atom. The lowest BCUT2D eigenvalue weighted by molar-refractivity contribution is 0.349. The van der Waals surface area contributed by atoms with Crippen LogP contribution in [0.4, 0.5) is 0 Å². The number of likely N-dealkylation sites (N-methyl/N-ethyl adjacent to an activating group) is 1. The van der Waals surface area contributed by atoms with Crippen LogP contribution in [0, 0.1) is 0 Å². The molecule has 0 aliphatic rings. The molecular weight excluding hydrogens is 210 g/mol. The second kappa shape index (κ2) is 7.13. The van der Waals surface area contributed by atoms with E-state index in [1.165, 1.54) is 12.0 Å². The molecule has 2 nitrogen and oxygen atoms in total. The number of ether oxygens (including phenoxy) is 1. The molecule has 2 heteroatoms. The summed E-state index contributed by atoms with van der Waals surface area (Å²) < 4.78 is 5.65. The van der Waals surface area contributed by atoms with E-state index in [2.05, 4.69) is 37.9 Å². The minimum absolute atomic E-state index is 0.573. The maximum atomic E-state index is 5.65. The van der Waals surface area contributed by atoms with E-state index in [0.29, 0.717) is 12.5 Å². The zero-order chi connectivity index (χ0) is 12.7. The molecule has 1 atom stereocenters. The van der Waals surface area contributed by atoms with Crippen molar-refractivity contribution in [3.8, 4) is 5.75 Å². The van der Waals surface area contributed by atoms with Crippen LogP contribution >= 0.6 is 0 Å². The number of benzene rings is 1. The Kier molecular flexibility index (Phi) is 5.78. The molecule has 0 radical (unpaired) electrons. The molecule has 1 unspecified atom stereocenters. The average Bonchev–Trinajstić information content (AvgIpc) is 2.36. The van der Waals surface area contributed by atoms with Gasteiger partial charge in [0.2, 0.25) is 0 Å². The van der Waals surface area contributed by atoms with Crippen LogP contribution in [0.3, 0.4) is 0 Å². The van der Waals surface area contributed by atoms with Crippen LogP contribution in [0.2, 0.25) is 0 Å². The Balaban J connectivity index is 2.48. The summed E-state index contributed by atoms with van der Waals surface area (Å²) in [4.78, 5) is 0. The molecule has 0 aliphatic heterocycles. The lowest BCUT2D eigenvalue weighted by Gasteiger charge is -2.11. The van der Waals surface area contributed by atoms with Crippen molar-refractivity contribution >= 4 is 0 Å². The second-order valence-corrected chi connectivity index (χ2v) is 4.45. The van der Waals surface area contributed by atoms with Crippen molar-refractivity contribution in [1.29, 1.82) is 0 Å². The van der Waals surface area contributed by atoms with Gasteiger partial charge in [-0.15, -0.1) is 0 Å². The molecule has 1 N–H and O–H groups in total. The van der Waals surface area contributed by atoms with Crippen LogP contribution in [0.5, 0.6) is 5.75 Å². The maximum absolute atomic E-state index is 5.65. The summed E-state index contributed by atoms with van der Waals surface area (Å²) in [5.74, 6) is 1.53. The molecule has 94 valence electrons. The molecule has 17 heavy (non-hydrogen) atoms. The highest BCUT2D eigenvalue weighted by Crippen LogP contribution is 2.21. The predicted molar refractivity (Wildman–Crippen MR) is 73.7 cm³/mol. The lowest BCUT2D eigenvalue weighted by atomic mass is 9.99. The van der Waals surface area contributed by atoms with Gasteiger partial charge in [0.25, 0.3) is 0 Å². The summed E-state index contributed by atoms with van der Waals surface area (Å²) >= 11 is 0. The van der Waals surface area contributed by atoms with E-state index in [9.17, 15) is 0 Å². The summed E-state index contributed by atoms with van der Waals surface area (Å²) in [6.07, 6.45) is 1.17. The molecule has 0 spiro atoms. The topological polar surface area (TPSA) is 21.3 Å². The first-order valence-corrected chi connectivity index (χ1v) is 6.21. The summed E-state index contributed by atoms with van der Waals surface area (Å²) in [6.45, 7) is 9.75. The van der Waals surface area contributed by atoms with Gasteiger partial charge >= 0.3 is 0 Å². The highest BCUT2D eigenvalue weighted by atomic mass is 16.5. The van der Waals surface area contributed by atoms with Gasteiger partial charge in [-0.1, -0.05) is 32.6 Å². The van der Waals surface area contributed by atoms with Gasteiger partial charge in [-0.3, -0.25) is 0 Å². The fraction of sp³-hybridized carbons (Fsp3) is 0.467. The summed E-state index contributed by atoms with van der Waals surface area (Å²) in [7, 11) is 1.91. The minimum atomic E-state index is 0.573. The Morgan fingerprint density at radius 2 is 2.00 bits per heavy atom. The monoisotopic (exact) mass is 233 g/mol. The molecular formula is C15H23NO. The van der Waals surface area contributed by atoms with E-state index >= 15 is 0 Å². The molecule has 0 fully saturated rings. The molecule has 0 aromatic heterocycles. The normalized spacial score (nSPS) is 12.2. The standard InChI is InChI=1S/C15H23NO/c1-5-13(3)14-6-8-15(9-7-14)17-11-12(2)10-16-4/h6-9,13,16H,2,5,10-11H2,1,3-4H3. The molecule has 0 saturated carbocycles. The van der Waals surface area contributed by atoms with E-state index < -0.39 is 0 Å². The lowest BCUT2D eigenvalue weighted by Crippen LogP contribution is -2.14. The van der Waals surface area contributed by atoms with Gasteiger partial charge in [-0.05, 0) is 42.7 Å². The third-order valence-electron chi connectivity index (χ3n) is 2.93. The van der Waals surface area contributed by atoms with Crippen LogP contribution in [0.15, 0.2) is 36.4 Å². The Hall–Kier alpha value is -1.28. The first-order chi connectivity index (χ1) is 8.17. The first kappa shape index (κ1) is 13.8. The number of rotatable bonds is 7. The smallest absolute Gasteiger partial charge is 0.119 e. The SMILES string of the molecule is C=C(CNC)COc1ccc(C(C)CC)cc1. The van der Waals surface area contributed by atoms with Crippen molar-refractivity contribution < 1.29 is 4.74 Å². The van der Waals surface area contributed by atoms with E-state index in [1.54, 1.807) is 0 Å².